The molecule has 0 bridgehead atoms. The second-order valence-corrected chi connectivity index (χ2v) is 6.70. The highest BCUT2D eigenvalue weighted by atomic mass is 19.1. The van der Waals surface area contributed by atoms with Gasteiger partial charge in [-0.25, -0.2) is 9.37 Å². The molecule has 3 aromatic rings. The predicted octanol–water partition coefficient (Wildman–Crippen LogP) is 3.22. The monoisotopic (exact) mass is 350 g/mol. The maximum Gasteiger partial charge on any atom is 0.123 e. The molecule has 1 unspecified atom stereocenters. The van der Waals surface area contributed by atoms with Crippen LogP contribution in [-0.4, -0.2) is 34.1 Å². The molecule has 1 N–H and O–H groups in total. The molecule has 1 aromatic heterocycles. The quantitative estimate of drug-likeness (QED) is 0.767. The summed E-state index contributed by atoms with van der Waals surface area (Å²) >= 11 is 0. The highest BCUT2D eigenvalue weighted by molar-refractivity contribution is 5.22. The molecule has 0 radical (unpaired) electrons. The van der Waals surface area contributed by atoms with E-state index in [9.17, 15) is 4.39 Å². The van der Waals surface area contributed by atoms with E-state index in [-0.39, 0.29) is 11.9 Å². The van der Waals surface area contributed by atoms with Crippen LogP contribution in [0.3, 0.4) is 0 Å². The first-order valence-electron chi connectivity index (χ1n) is 9.04. The summed E-state index contributed by atoms with van der Waals surface area (Å²) in [4.78, 5) is 6.96. The number of aromatic nitrogens is 2. The third kappa shape index (κ3) is 3.84. The van der Waals surface area contributed by atoms with E-state index in [2.05, 4.69) is 44.0 Å². The van der Waals surface area contributed by atoms with Gasteiger partial charge in [-0.1, -0.05) is 42.5 Å². The van der Waals surface area contributed by atoms with Crippen molar-refractivity contribution < 1.29 is 4.39 Å². The molecule has 1 aliphatic heterocycles. The van der Waals surface area contributed by atoms with Crippen LogP contribution >= 0.6 is 0 Å². The van der Waals surface area contributed by atoms with Crippen LogP contribution in [0.4, 0.5) is 4.39 Å². The van der Waals surface area contributed by atoms with Crippen LogP contribution in [0.25, 0.3) is 0 Å². The molecule has 1 fully saturated rings. The molecule has 5 heteroatoms. The zero-order chi connectivity index (χ0) is 17.8. The predicted molar refractivity (Wildman–Crippen MR) is 100 cm³/mol. The molecule has 4 nitrogen and oxygen atoms in total. The summed E-state index contributed by atoms with van der Waals surface area (Å²) in [6, 6.07) is 17.5. The van der Waals surface area contributed by atoms with Crippen LogP contribution in [0, 0.1) is 5.82 Å². The van der Waals surface area contributed by atoms with E-state index in [0.29, 0.717) is 0 Å². The number of imidazole rings is 1. The van der Waals surface area contributed by atoms with Crippen LogP contribution in [-0.2, 0) is 13.1 Å². The van der Waals surface area contributed by atoms with E-state index in [1.807, 2.05) is 24.5 Å². The number of halogens is 1. The fourth-order valence-corrected chi connectivity index (χ4v) is 3.58. The summed E-state index contributed by atoms with van der Waals surface area (Å²) in [5.74, 6) is 0.857. The first-order valence-corrected chi connectivity index (χ1v) is 9.04. The Hall–Kier alpha value is -2.50. The summed E-state index contributed by atoms with van der Waals surface area (Å²) in [7, 11) is 0. The number of nitrogens with one attached hydrogen (secondary N) is 1. The Morgan fingerprint density at radius 1 is 1.08 bits per heavy atom. The van der Waals surface area contributed by atoms with Gasteiger partial charge < -0.3 is 9.88 Å². The van der Waals surface area contributed by atoms with Crippen molar-refractivity contribution in [3.05, 3.63) is 89.8 Å². The summed E-state index contributed by atoms with van der Waals surface area (Å²) in [6.07, 6.45) is 3.89. The van der Waals surface area contributed by atoms with Crippen molar-refractivity contribution in [2.45, 2.75) is 19.1 Å². The van der Waals surface area contributed by atoms with Gasteiger partial charge in [0.05, 0.1) is 6.54 Å². The molecule has 4 rings (SSSR count). The van der Waals surface area contributed by atoms with Gasteiger partial charge in [0.25, 0.3) is 0 Å². The number of rotatable bonds is 5. The smallest absolute Gasteiger partial charge is 0.123 e. The minimum Gasteiger partial charge on any atom is -0.329 e. The summed E-state index contributed by atoms with van der Waals surface area (Å²) in [5, 5.41) is 3.43. The van der Waals surface area contributed by atoms with E-state index in [1.54, 1.807) is 12.1 Å². The maximum absolute atomic E-state index is 13.7. The number of hydrogen-bond acceptors (Lipinski definition) is 3. The SMILES string of the molecule is Fc1cccc(C2CNCCN2Cc2nccn2Cc2ccccc2)c1. The number of hydrogen-bond donors (Lipinski definition) is 1. The molecule has 1 aliphatic rings. The molecule has 0 amide bonds. The van der Waals surface area contributed by atoms with Crippen molar-refractivity contribution in [2.75, 3.05) is 19.6 Å². The Morgan fingerprint density at radius 3 is 2.81 bits per heavy atom. The van der Waals surface area contributed by atoms with E-state index in [1.165, 1.54) is 11.6 Å². The second kappa shape index (κ2) is 7.81. The minimum atomic E-state index is -0.182. The Bertz CT molecular complexity index is 846. The van der Waals surface area contributed by atoms with Crippen molar-refractivity contribution in [1.82, 2.24) is 19.8 Å². The van der Waals surface area contributed by atoms with Crippen molar-refractivity contribution in [3.8, 4) is 0 Å². The first kappa shape index (κ1) is 16.9. The highest BCUT2D eigenvalue weighted by Gasteiger charge is 2.25. The third-order valence-electron chi connectivity index (χ3n) is 4.93. The molecule has 1 saturated heterocycles. The number of nitrogens with zero attached hydrogens (tertiary/aromatic N) is 3. The van der Waals surface area contributed by atoms with Crippen LogP contribution in [0.15, 0.2) is 67.0 Å². The zero-order valence-electron chi connectivity index (χ0n) is 14.7. The molecule has 1 atom stereocenters. The van der Waals surface area contributed by atoms with Crippen molar-refractivity contribution in [2.24, 2.45) is 0 Å². The van der Waals surface area contributed by atoms with Crippen LogP contribution in [0.2, 0.25) is 0 Å². The van der Waals surface area contributed by atoms with Crippen LogP contribution < -0.4 is 5.32 Å². The van der Waals surface area contributed by atoms with Crippen molar-refractivity contribution in [1.29, 1.82) is 0 Å². The molecular formula is C21H23FN4. The van der Waals surface area contributed by atoms with Gasteiger partial charge in [-0.3, -0.25) is 4.90 Å². The average molecular weight is 350 g/mol. The first-order chi connectivity index (χ1) is 12.8. The summed E-state index contributed by atoms with van der Waals surface area (Å²) in [6.45, 7) is 4.24. The zero-order valence-corrected chi connectivity index (χ0v) is 14.7. The van der Waals surface area contributed by atoms with Gasteiger partial charge in [0.15, 0.2) is 0 Å². The van der Waals surface area contributed by atoms with Gasteiger partial charge in [0.2, 0.25) is 0 Å². The van der Waals surface area contributed by atoms with Crippen molar-refractivity contribution >= 4 is 0 Å². The van der Waals surface area contributed by atoms with Crippen LogP contribution in [0.5, 0.6) is 0 Å². The fourth-order valence-electron chi connectivity index (χ4n) is 3.58. The molecule has 2 heterocycles. The van der Waals surface area contributed by atoms with Gasteiger partial charge in [-0.2, -0.15) is 0 Å². The Morgan fingerprint density at radius 2 is 1.96 bits per heavy atom. The molecule has 26 heavy (non-hydrogen) atoms. The third-order valence-corrected chi connectivity index (χ3v) is 4.93. The fraction of sp³-hybridized carbons (Fsp3) is 0.286. The average Bonchev–Trinajstić information content (AvgIpc) is 3.10. The topological polar surface area (TPSA) is 33.1 Å². The van der Waals surface area contributed by atoms with E-state index in [4.69, 9.17) is 0 Å². The molecule has 0 spiro atoms. The summed E-state index contributed by atoms with van der Waals surface area (Å²) < 4.78 is 15.9. The Labute approximate surface area is 153 Å². The molecular weight excluding hydrogens is 327 g/mol. The van der Waals surface area contributed by atoms with E-state index in [0.717, 1.165) is 44.1 Å². The lowest BCUT2D eigenvalue weighted by Crippen LogP contribution is -2.45. The van der Waals surface area contributed by atoms with Gasteiger partial charge >= 0.3 is 0 Å². The van der Waals surface area contributed by atoms with Crippen LogP contribution in [0.1, 0.15) is 23.0 Å². The second-order valence-electron chi connectivity index (χ2n) is 6.70. The van der Waals surface area contributed by atoms with Gasteiger partial charge in [0.1, 0.15) is 11.6 Å². The van der Waals surface area contributed by atoms with E-state index >= 15 is 0 Å². The van der Waals surface area contributed by atoms with Gasteiger partial charge in [0, 0.05) is 44.6 Å². The maximum atomic E-state index is 13.7. The highest BCUT2D eigenvalue weighted by Crippen LogP contribution is 2.24. The number of piperazine rings is 1. The molecule has 0 saturated carbocycles. The lowest BCUT2D eigenvalue weighted by molar-refractivity contribution is 0.148. The normalized spacial score (nSPS) is 18.1. The Balaban J connectivity index is 1.53. The number of benzene rings is 2. The lowest BCUT2D eigenvalue weighted by Gasteiger charge is -2.36. The molecule has 0 aliphatic carbocycles. The molecule has 2 aromatic carbocycles. The van der Waals surface area contributed by atoms with Crippen molar-refractivity contribution in [3.63, 3.8) is 0 Å². The molecule has 134 valence electrons. The van der Waals surface area contributed by atoms with Gasteiger partial charge in [-0.15, -0.1) is 0 Å². The largest absolute Gasteiger partial charge is 0.329 e. The Kier molecular flexibility index (Phi) is 5.09. The standard InChI is InChI=1S/C21H23FN4/c22-19-8-4-7-18(13-19)20-14-23-9-11-25(20)16-21-24-10-12-26(21)15-17-5-2-1-3-6-17/h1-8,10,12-13,20,23H,9,11,14-16H2. The lowest BCUT2D eigenvalue weighted by atomic mass is 10.0. The minimum absolute atomic E-state index is 0.154. The van der Waals surface area contributed by atoms with E-state index < -0.39 is 0 Å². The van der Waals surface area contributed by atoms with Gasteiger partial charge in [-0.05, 0) is 23.3 Å². The summed E-state index contributed by atoms with van der Waals surface area (Å²) in [5.41, 5.74) is 2.27.